The Bertz CT molecular complexity index is 572. The molecule has 2 aromatic carbocycles. The maximum atomic E-state index is 6.26. The smallest absolute Gasteiger partial charge is 0.143 e. The van der Waals surface area contributed by atoms with Gasteiger partial charge in [-0.25, -0.2) is 0 Å². The third-order valence-electron chi connectivity index (χ3n) is 3.02. The van der Waals surface area contributed by atoms with Gasteiger partial charge in [0.1, 0.15) is 11.9 Å². The van der Waals surface area contributed by atoms with E-state index in [2.05, 4.69) is 5.32 Å². The second kappa shape index (κ2) is 6.98. The van der Waals surface area contributed by atoms with Crippen molar-refractivity contribution in [2.45, 2.75) is 19.6 Å². The SMILES string of the molecule is CNCc1cc(Cl)cc(Cl)c1OC(C)c1ccccc1. The molecule has 4 heteroatoms. The molecule has 106 valence electrons. The van der Waals surface area contributed by atoms with Crippen LogP contribution in [0.4, 0.5) is 0 Å². The van der Waals surface area contributed by atoms with Gasteiger partial charge in [0.25, 0.3) is 0 Å². The van der Waals surface area contributed by atoms with Gasteiger partial charge in [0.05, 0.1) is 5.02 Å². The zero-order valence-corrected chi connectivity index (χ0v) is 13.0. The normalized spacial score (nSPS) is 12.2. The average molecular weight is 310 g/mol. The quantitative estimate of drug-likeness (QED) is 0.852. The lowest BCUT2D eigenvalue weighted by Gasteiger charge is -2.19. The van der Waals surface area contributed by atoms with E-state index in [0.717, 1.165) is 11.1 Å². The predicted molar refractivity (Wildman–Crippen MR) is 84.7 cm³/mol. The second-order valence-electron chi connectivity index (χ2n) is 4.58. The zero-order chi connectivity index (χ0) is 14.5. The van der Waals surface area contributed by atoms with E-state index >= 15 is 0 Å². The highest BCUT2D eigenvalue weighted by molar-refractivity contribution is 6.35. The van der Waals surface area contributed by atoms with Gasteiger partial charge >= 0.3 is 0 Å². The lowest BCUT2D eigenvalue weighted by Crippen LogP contribution is -2.10. The molecule has 0 fully saturated rings. The zero-order valence-electron chi connectivity index (χ0n) is 11.5. The Morgan fingerprint density at radius 3 is 2.50 bits per heavy atom. The molecule has 2 rings (SSSR count). The van der Waals surface area contributed by atoms with Gasteiger partial charge in [0.15, 0.2) is 0 Å². The largest absolute Gasteiger partial charge is 0.484 e. The predicted octanol–water partition coefficient (Wildman–Crippen LogP) is 4.85. The van der Waals surface area contributed by atoms with Gasteiger partial charge in [0, 0.05) is 17.1 Å². The molecule has 2 nitrogen and oxygen atoms in total. The third-order valence-corrected chi connectivity index (χ3v) is 3.52. The van der Waals surface area contributed by atoms with Gasteiger partial charge in [-0.3, -0.25) is 0 Å². The molecule has 2 aromatic rings. The molecule has 0 aliphatic heterocycles. The van der Waals surface area contributed by atoms with Crippen molar-refractivity contribution in [1.82, 2.24) is 5.32 Å². The number of benzene rings is 2. The lowest BCUT2D eigenvalue weighted by molar-refractivity contribution is 0.224. The van der Waals surface area contributed by atoms with E-state index in [9.17, 15) is 0 Å². The van der Waals surface area contributed by atoms with Crippen LogP contribution in [0.25, 0.3) is 0 Å². The summed E-state index contributed by atoms with van der Waals surface area (Å²) in [6, 6.07) is 13.6. The molecule has 1 atom stereocenters. The summed E-state index contributed by atoms with van der Waals surface area (Å²) in [6.45, 7) is 2.65. The molecule has 0 bridgehead atoms. The van der Waals surface area contributed by atoms with Crippen LogP contribution in [0.15, 0.2) is 42.5 Å². The first-order chi connectivity index (χ1) is 9.61. The van der Waals surface area contributed by atoms with Crippen molar-refractivity contribution in [1.29, 1.82) is 0 Å². The van der Waals surface area contributed by atoms with Crippen LogP contribution in [0.5, 0.6) is 5.75 Å². The van der Waals surface area contributed by atoms with Gasteiger partial charge in [-0.05, 0) is 31.7 Å². The van der Waals surface area contributed by atoms with Crippen LogP contribution in [0.2, 0.25) is 10.0 Å². The number of rotatable bonds is 5. The highest BCUT2D eigenvalue weighted by Crippen LogP contribution is 2.35. The van der Waals surface area contributed by atoms with E-state index in [1.165, 1.54) is 0 Å². The summed E-state index contributed by atoms with van der Waals surface area (Å²) < 4.78 is 6.04. The lowest BCUT2D eigenvalue weighted by atomic mass is 10.1. The first-order valence-electron chi connectivity index (χ1n) is 6.46. The first kappa shape index (κ1) is 15.2. The molecule has 0 aliphatic carbocycles. The summed E-state index contributed by atoms with van der Waals surface area (Å²) in [5, 5.41) is 4.24. The van der Waals surface area contributed by atoms with Crippen LogP contribution in [0.1, 0.15) is 24.2 Å². The monoisotopic (exact) mass is 309 g/mol. The van der Waals surface area contributed by atoms with Gasteiger partial charge in [-0.15, -0.1) is 0 Å². The van der Waals surface area contributed by atoms with Crippen LogP contribution in [-0.4, -0.2) is 7.05 Å². The number of ether oxygens (including phenoxy) is 1. The van der Waals surface area contributed by atoms with Gasteiger partial charge in [0.2, 0.25) is 0 Å². The van der Waals surface area contributed by atoms with Crippen molar-refractivity contribution in [2.75, 3.05) is 7.05 Å². The summed E-state index contributed by atoms with van der Waals surface area (Å²) in [6.07, 6.45) is -0.0783. The first-order valence-corrected chi connectivity index (χ1v) is 7.21. The minimum atomic E-state index is -0.0783. The molecule has 0 amide bonds. The minimum Gasteiger partial charge on any atom is -0.484 e. The van der Waals surface area contributed by atoms with E-state index in [1.54, 1.807) is 6.07 Å². The van der Waals surface area contributed by atoms with Crippen LogP contribution in [-0.2, 0) is 6.54 Å². The van der Waals surface area contributed by atoms with Crippen LogP contribution < -0.4 is 10.1 Å². The Morgan fingerprint density at radius 2 is 1.85 bits per heavy atom. The van der Waals surface area contributed by atoms with E-state index < -0.39 is 0 Å². The van der Waals surface area contributed by atoms with Crippen LogP contribution >= 0.6 is 23.2 Å². The number of hydrogen-bond donors (Lipinski definition) is 1. The fourth-order valence-corrected chi connectivity index (χ4v) is 2.62. The molecular weight excluding hydrogens is 293 g/mol. The topological polar surface area (TPSA) is 21.3 Å². The highest BCUT2D eigenvalue weighted by atomic mass is 35.5. The van der Waals surface area contributed by atoms with Gasteiger partial charge in [-0.1, -0.05) is 53.5 Å². The van der Waals surface area contributed by atoms with Crippen LogP contribution in [0.3, 0.4) is 0 Å². The van der Waals surface area contributed by atoms with Gasteiger partial charge < -0.3 is 10.1 Å². The minimum absolute atomic E-state index is 0.0783. The second-order valence-corrected chi connectivity index (χ2v) is 5.42. The van der Waals surface area contributed by atoms with E-state index in [0.29, 0.717) is 22.3 Å². The molecule has 0 saturated carbocycles. The fourth-order valence-electron chi connectivity index (χ4n) is 2.04. The van der Waals surface area contributed by atoms with E-state index in [4.69, 9.17) is 27.9 Å². The van der Waals surface area contributed by atoms with Gasteiger partial charge in [-0.2, -0.15) is 0 Å². The number of nitrogens with one attached hydrogen (secondary N) is 1. The Hall–Kier alpha value is -1.22. The number of hydrogen-bond acceptors (Lipinski definition) is 2. The molecule has 0 heterocycles. The summed E-state index contributed by atoms with van der Waals surface area (Å²) in [4.78, 5) is 0. The molecule has 0 aromatic heterocycles. The van der Waals surface area contributed by atoms with Crippen LogP contribution in [0, 0.1) is 0 Å². The van der Waals surface area contributed by atoms with Crippen molar-refractivity contribution in [3.8, 4) is 5.75 Å². The Labute approximate surface area is 129 Å². The Kier molecular flexibility index (Phi) is 5.30. The maximum Gasteiger partial charge on any atom is 0.143 e. The molecular formula is C16H17Cl2NO. The van der Waals surface area contributed by atoms with Crippen molar-refractivity contribution in [3.63, 3.8) is 0 Å². The third kappa shape index (κ3) is 3.66. The van der Waals surface area contributed by atoms with Crippen molar-refractivity contribution < 1.29 is 4.74 Å². The average Bonchev–Trinajstić information content (AvgIpc) is 2.43. The summed E-state index contributed by atoms with van der Waals surface area (Å²) in [5.41, 5.74) is 2.06. The number of halogens is 2. The van der Waals surface area contributed by atoms with Crippen molar-refractivity contribution in [2.24, 2.45) is 0 Å². The maximum absolute atomic E-state index is 6.26. The summed E-state index contributed by atoms with van der Waals surface area (Å²) >= 11 is 12.3. The molecule has 0 spiro atoms. The summed E-state index contributed by atoms with van der Waals surface area (Å²) in [5.74, 6) is 0.682. The molecule has 0 radical (unpaired) electrons. The van der Waals surface area contributed by atoms with Crippen molar-refractivity contribution >= 4 is 23.2 Å². The van der Waals surface area contributed by atoms with E-state index in [1.807, 2.05) is 50.4 Å². The molecule has 20 heavy (non-hydrogen) atoms. The molecule has 1 N–H and O–H groups in total. The fraction of sp³-hybridized carbons (Fsp3) is 0.250. The molecule has 0 saturated heterocycles. The Morgan fingerprint density at radius 1 is 1.15 bits per heavy atom. The highest BCUT2D eigenvalue weighted by Gasteiger charge is 2.14. The summed E-state index contributed by atoms with van der Waals surface area (Å²) in [7, 11) is 1.87. The molecule has 1 unspecified atom stereocenters. The Balaban J connectivity index is 2.28. The standard InChI is InChI=1S/C16H17Cl2NO/c1-11(12-6-4-3-5-7-12)20-16-13(10-19-2)8-14(17)9-15(16)18/h3-9,11,19H,10H2,1-2H3. The van der Waals surface area contributed by atoms with Crippen molar-refractivity contribution in [3.05, 3.63) is 63.6 Å². The van der Waals surface area contributed by atoms with E-state index in [-0.39, 0.29) is 6.10 Å². The molecule has 0 aliphatic rings.